The zero-order chi connectivity index (χ0) is 8.98. The quantitative estimate of drug-likeness (QED) is 0.633. The van der Waals surface area contributed by atoms with Gasteiger partial charge in [-0.3, -0.25) is 0 Å². The molecular formula is C9H16O3. The van der Waals surface area contributed by atoms with Gasteiger partial charge in [0.1, 0.15) is 12.2 Å². The minimum absolute atomic E-state index is 0.156. The van der Waals surface area contributed by atoms with Crippen molar-refractivity contribution in [3.63, 3.8) is 0 Å². The third-order valence-electron chi connectivity index (χ3n) is 3.35. The zero-order valence-electron chi connectivity index (χ0n) is 7.83. The van der Waals surface area contributed by atoms with E-state index in [0.29, 0.717) is 0 Å². The molecule has 0 aliphatic carbocycles. The van der Waals surface area contributed by atoms with Crippen LogP contribution in [0.2, 0.25) is 0 Å². The van der Waals surface area contributed by atoms with Crippen molar-refractivity contribution in [1.82, 2.24) is 0 Å². The Morgan fingerprint density at radius 2 is 1.92 bits per heavy atom. The van der Waals surface area contributed by atoms with E-state index in [1.807, 2.05) is 13.8 Å². The van der Waals surface area contributed by atoms with Crippen LogP contribution in [-0.2, 0) is 9.47 Å². The zero-order valence-corrected chi connectivity index (χ0v) is 7.83. The molecule has 0 amide bonds. The lowest BCUT2D eigenvalue weighted by molar-refractivity contribution is -0.0671. The van der Waals surface area contributed by atoms with E-state index in [-0.39, 0.29) is 17.3 Å². The summed E-state index contributed by atoms with van der Waals surface area (Å²) >= 11 is 0. The average Bonchev–Trinajstić information content (AvgIpc) is 2.38. The van der Waals surface area contributed by atoms with Crippen LogP contribution in [0.1, 0.15) is 26.7 Å². The van der Waals surface area contributed by atoms with Crippen molar-refractivity contribution in [3.8, 4) is 0 Å². The van der Waals surface area contributed by atoms with Gasteiger partial charge < -0.3 is 14.6 Å². The van der Waals surface area contributed by atoms with Crippen molar-refractivity contribution < 1.29 is 14.6 Å². The number of aliphatic hydroxyl groups is 1. The standard InChI is InChI=1S/C9H16O3/c1-8-4-5-9(2,12-8)7(11-3)6(8)10/h6-7,10H,4-5H2,1-3H3. The number of ether oxygens (including phenoxy) is 2. The van der Waals surface area contributed by atoms with E-state index in [1.165, 1.54) is 0 Å². The molecule has 12 heavy (non-hydrogen) atoms. The third-order valence-corrected chi connectivity index (χ3v) is 3.35. The smallest absolute Gasteiger partial charge is 0.114 e. The van der Waals surface area contributed by atoms with Gasteiger partial charge in [-0.25, -0.2) is 0 Å². The molecule has 2 heterocycles. The molecule has 4 unspecified atom stereocenters. The molecule has 2 bridgehead atoms. The summed E-state index contributed by atoms with van der Waals surface area (Å²) < 4.78 is 11.0. The highest BCUT2D eigenvalue weighted by Crippen LogP contribution is 2.51. The van der Waals surface area contributed by atoms with Crippen LogP contribution in [0, 0.1) is 0 Å². The van der Waals surface area contributed by atoms with Gasteiger partial charge in [0.05, 0.1) is 11.2 Å². The second-order valence-electron chi connectivity index (χ2n) is 4.33. The highest BCUT2D eigenvalue weighted by Gasteiger charge is 2.63. The lowest BCUT2D eigenvalue weighted by Gasteiger charge is -2.31. The largest absolute Gasteiger partial charge is 0.387 e. The SMILES string of the molecule is COC1C(O)C2(C)CCC1(C)O2. The molecule has 3 nitrogen and oxygen atoms in total. The molecule has 70 valence electrons. The molecule has 2 rings (SSSR count). The topological polar surface area (TPSA) is 38.7 Å². The lowest BCUT2D eigenvalue weighted by atomic mass is 9.79. The van der Waals surface area contributed by atoms with Crippen LogP contribution in [-0.4, -0.2) is 35.6 Å². The van der Waals surface area contributed by atoms with Crippen molar-refractivity contribution >= 4 is 0 Å². The molecule has 0 aromatic carbocycles. The highest BCUT2D eigenvalue weighted by molar-refractivity contribution is 5.12. The van der Waals surface area contributed by atoms with Gasteiger partial charge in [0.25, 0.3) is 0 Å². The van der Waals surface area contributed by atoms with Gasteiger partial charge in [-0.2, -0.15) is 0 Å². The molecular weight excluding hydrogens is 156 g/mol. The molecule has 3 heteroatoms. The molecule has 2 fully saturated rings. The van der Waals surface area contributed by atoms with Crippen molar-refractivity contribution in [2.24, 2.45) is 0 Å². The van der Waals surface area contributed by atoms with Crippen LogP contribution in [0.15, 0.2) is 0 Å². The van der Waals surface area contributed by atoms with Crippen LogP contribution in [0.3, 0.4) is 0 Å². The monoisotopic (exact) mass is 172 g/mol. The normalized spacial score (nSPS) is 58.0. The molecule has 2 aliphatic heterocycles. The number of methoxy groups -OCH3 is 1. The second kappa shape index (κ2) is 2.22. The summed E-state index contributed by atoms with van der Waals surface area (Å²) in [4.78, 5) is 0. The number of hydrogen-bond donors (Lipinski definition) is 1. The number of fused-ring (bicyclic) bond motifs is 2. The molecule has 0 radical (unpaired) electrons. The van der Waals surface area contributed by atoms with E-state index in [2.05, 4.69) is 0 Å². The molecule has 0 aromatic rings. The second-order valence-corrected chi connectivity index (χ2v) is 4.33. The van der Waals surface area contributed by atoms with E-state index >= 15 is 0 Å². The van der Waals surface area contributed by atoms with Gasteiger partial charge in [-0.05, 0) is 26.7 Å². The minimum Gasteiger partial charge on any atom is -0.387 e. The highest BCUT2D eigenvalue weighted by atomic mass is 16.6. The Morgan fingerprint density at radius 3 is 2.25 bits per heavy atom. The summed E-state index contributed by atoms with van der Waals surface area (Å²) in [6.45, 7) is 3.98. The van der Waals surface area contributed by atoms with Gasteiger partial charge in [0.2, 0.25) is 0 Å². The summed E-state index contributed by atoms with van der Waals surface area (Å²) in [5, 5.41) is 9.85. The average molecular weight is 172 g/mol. The van der Waals surface area contributed by atoms with Crippen LogP contribution < -0.4 is 0 Å². The predicted octanol–water partition coefficient (Wildman–Crippen LogP) is 0.704. The predicted molar refractivity (Wildman–Crippen MR) is 43.9 cm³/mol. The fourth-order valence-electron chi connectivity index (χ4n) is 2.57. The molecule has 2 saturated heterocycles. The van der Waals surface area contributed by atoms with Gasteiger partial charge in [0, 0.05) is 7.11 Å². The third kappa shape index (κ3) is 0.817. The van der Waals surface area contributed by atoms with Crippen LogP contribution in [0.4, 0.5) is 0 Å². The van der Waals surface area contributed by atoms with Crippen molar-refractivity contribution in [3.05, 3.63) is 0 Å². The maximum absolute atomic E-state index is 9.85. The fourth-order valence-corrected chi connectivity index (χ4v) is 2.57. The molecule has 0 saturated carbocycles. The Morgan fingerprint density at radius 1 is 1.33 bits per heavy atom. The van der Waals surface area contributed by atoms with Crippen LogP contribution >= 0.6 is 0 Å². The van der Waals surface area contributed by atoms with E-state index in [0.717, 1.165) is 12.8 Å². The first-order valence-electron chi connectivity index (χ1n) is 4.43. The maximum atomic E-state index is 9.85. The van der Waals surface area contributed by atoms with Crippen molar-refractivity contribution in [1.29, 1.82) is 0 Å². The van der Waals surface area contributed by atoms with Crippen LogP contribution in [0.5, 0.6) is 0 Å². The lowest BCUT2D eigenvalue weighted by Crippen LogP contribution is -2.47. The molecule has 2 aliphatic rings. The fraction of sp³-hybridized carbons (Fsp3) is 1.00. The molecule has 0 aromatic heterocycles. The first kappa shape index (κ1) is 8.48. The molecule has 0 spiro atoms. The first-order chi connectivity index (χ1) is 5.52. The van der Waals surface area contributed by atoms with Gasteiger partial charge in [-0.1, -0.05) is 0 Å². The summed E-state index contributed by atoms with van der Waals surface area (Å²) in [6, 6.07) is 0. The maximum Gasteiger partial charge on any atom is 0.114 e. The van der Waals surface area contributed by atoms with Gasteiger partial charge in [-0.15, -0.1) is 0 Å². The Labute approximate surface area is 72.7 Å². The minimum atomic E-state index is -0.471. The Balaban J connectivity index is 2.30. The summed E-state index contributed by atoms with van der Waals surface area (Å²) in [7, 11) is 1.63. The summed E-state index contributed by atoms with van der Waals surface area (Å²) in [6.07, 6.45) is 1.29. The number of hydrogen-bond acceptors (Lipinski definition) is 3. The van der Waals surface area contributed by atoms with E-state index in [9.17, 15) is 5.11 Å². The van der Waals surface area contributed by atoms with E-state index < -0.39 is 6.10 Å². The Hall–Kier alpha value is -0.120. The number of rotatable bonds is 1. The molecule has 4 atom stereocenters. The van der Waals surface area contributed by atoms with Crippen molar-refractivity contribution in [2.45, 2.75) is 50.1 Å². The summed E-state index contributed by atoms with van der Waals surface area (Å²) in [5.74, 6) is 0. The van der Waals surface area contributed by atoms with E-state index in [4.69, 9.17) is 9.47 Å². The Kier molecular flexibility index (Phi) is 1.57. The van der Waals surface area contributed by atoms with Crippen LogP contribution in [0.25, 0.3) is 0 Å². The van der Waals surface area contributed by atoms with Crippen molar-refractivity contribution in [2.75, 3.05) is 7.11 Å². The van der Waals surface area contributed by atoms with Gasteiger partial charge in [0.15, 0.2) is 0 Å². The number of aliphatic hydroxyl groups excluding tert-OH is 1. The van der Waals surface area contributed by atoms with Gasteiger partial charge >= 0.3 is 0 Å². The first-order valence-corrected chi connectivity index (χ1v) is 4.43. The summed E-state index contributed by atoms with van der Waals surface area (Å²) in [5.41, 5.74) is -0.627. The van der Waals surface area contributed by atoms with E-state index in [1.54, 1.807) is 7.11 Å². The molecule has 1 N–H and O–H groups in total. The Bertz CT molecular complexity index is 206.